The Balaban J connectivity index is 1.63. The third kappa shape index (κ3) is 4.36. The Hall–Kier alpha value is -2.50. The second-order valence-corrected chi connectivity index (χ2v) is 7.61. The van der Waals surface area contributed by atoms with Crippen LogP contribution in [0.15, 0.2) is 53.1 Å². The Kier molecular flexibility index (Phi) is 5.20. The van der Waals surface area contributed by atoms with E-state index in [2.05, 4.69) is 55.3 Å². The molecule has 1 aromatic heterocycles. The molecule has 0 aliphatic heterocycles. The van der Waals surface area contributed by atoms with Gasteiger partial charge in [0, 0.05) is 5.56 Å². The number of rotatable bonds is 5. The number of aryl methyl sites for hydroxylation is 1. The molecule has 5 nitrogen and oxygen atoms in total. The first-order chi connectivity index (χ1) is 12.3. The molecule has 0 spiro atoms. The molecule has 0 saturated heterocycles. The molecule has 1 heterocycles. The monoisotopic (exact) mass is 350 g/mol. The highest BCUT2D eigenvalue weighted by Gasteiger charge is 2.15. The van der Waals surface area contributed by atoms with Crippen LogP contribution in [0.2, 0.25) is 0 Å². The van der Waals surface area contributed by atoms with Gasteiger partial charge >= 0.3 is 0 Å². The first kappa shape index (κ1) is 18.3. The molecule has 3 aromatic rings. The highest BCUT2D eigenvalue weighted by molar-refractivity contribution is 5.55. The SMILES string of the molecule is Cc1ccc([C@@H](N)NCc2nc(-c3ccc(C(C)(C)C)cc3)no2)cc1. The van der Waals surface area contributed by atoms with Crippen LogP contribution in [0.4, 0.5) is 0 Å². The Morgan fingerprint density at radius 1 is 1.04 bits per heavy atom. The molecule has 0 amide bonds. The summed E-state index contributed by atoms with van der Waals surface area (Å²) in [5.41, 5.74) is 10.7. The molecule has 3 N–H and O–H groups in total. The van der Waals surface area contributed by atoms with Crippen molar-refractivity contribution in [1.82, 2.24) is 15.5 Å². The summed E-state index contributed by atoms with van der Waals surface area (Å²) in [5.74, 6) is 1.11. The van der Waals surface area contributed by atoms with Gasteiger partial charge in [-0.1, -0.05) is 80.0 Å². The summed E-state index contributed by atoms with van der Waals surface area (Å²) in [6, 6.07) is 16.4. The Morgan fingerprint density at radius 2 is 1.69 bits per heavy atom. The summed E-state index contributed by atoms with van der Waals surface area (Å²) in [6.45, 7) is 9.05. The van der Waals surface area contributed by atoms with Crippen LogP contribution in [-0.4, -0.2) is 10.1 Å². The number of aromatic nitrogens is 2. The summed E-state index contributed by atoms with van der Waals surface area (Å²) >= 11 is 0. The molecule has 26 heavy (non-hydrogen) atoms. The van der Waals surface area contributed by atoms with Gasteiger partial charge in [0.25, 0.3) is 0 Å². The molecule has 0 saturated carbocycles. The summed E-state index contributed by atoms with van der Waals surface area (Å²) < 4.78 is 5.34. The molecule has 3 rings (SSSR count). The van der Waals surface area contributed by atoms with E-state index in [9.17, 15) is 0 Å². The van der Waals surface area contributed by atoms with Crippen molar-refractivity contribution in [2.45, 2.75) is 45.8 Å². The molecular formula is C21H26N4O. The van der Waals surface area contributed by atoms with Crippen LogP contribution in [-0.2, 0) is 12.0 Å². The number of hydrogen-bond donors (Lipinski definition) is 2. The number of nitrogens with one attached hydrogen (secondary N) is 1. The minimum Gasteiger partial charge on any atom is -0.338 e. The van der Waals surface area contributed by atoms with E-state index in [-0.39, 0.29) is 11.6 Å². The fourth-order valence-corrected chi connectivity index (χ4v) is 2.65. The molecule has 5 heteroatoms. The fraction of sp³-hybridized carbons (Fsp3) is 0.333. The van der Waals surface area contributed by atoms with Crippen molar-refractivity contribution in [1.29, 1.82) is 0 Å². The van der Waals surface area contributed by atoms with E-state index in [0.717, 1.165) is 11.1 Å². The molecule has 0 unspecified atom stereocenters. The Morgan fingerprint density at radius 3 is 2.31 bits per heavy atom. The zero-order chi connectivity index (χ0) is 18.7. The van der Waals surface area contributed by atoms with Gasteiger partial charge in [0.15, 0.2) is 0 Å². The molecule has 0 aliphatic carbocycles. The maximum absolute atomic E-state index is 6.17. The highest BCUT2D eigenvalue weighted by Crippen LogP contribution is 2.25. The summed E-state index contributed by atoms with van der Waals surface area (Å²) in [5, 5.41) is 7.28. The molecule has 0 bridgehead atoms. The summed E-state index contributed by atoms with van der Waals surface area (Å²) in [4.78, 5) is 4.46. The first-order valence-electron chi connectivity index (χ1n) is 8.82. The van der Waals surface area contributed by atoms with Crippen molar-refractivity contribution in [3.63, 3.8) is 0 Å². The van der Waals surface area contributed by atoms with Crippen molar-refractivity contribution in [2.75, 3.05) is 0 Å². The molecule has 136 valence electrons. The average Bonchev–Trinajstić information content (AvgIpc) is 3.09. The van der Waals surface area contributed by atoms with E-state index in [1.165, 1.54) is 11.1 Å². The maximum atomic E-state index is 6.17. The quantitative estimate of drug-likeness (QED) is 0.678. The van der Waals surface area contributed by atoms with Gasteiger partial charge in [0.05, 0.1) is 12.7 Å². The van der Waals surface area contributed by atoms with Gasteiger partial charge in [-0.15, -0.1) is 0 Å². The van der Waals surface area contributed by atoms with Gasteiger partial charge in [0.1, 0.15) is 0 Å². The lowest BCUT2D eigenvalue weighted by molar-refractivity contribution is 0.359. The smallest absolute Gasteiger partial charge is 0.240 e. The lowest BCUT2D eigenvalue weighted by Crippen LogP contribution is -2.28. The van der Waals surface area contributed by atoms with Crippen LogP contribution in [0.1, 0.15) is 49.5 Å². The van der Waals surface area contributed by atoms with E-state index in [4.69, 9.17) is 10.3 Å². The van der Waals surface area contributed by atoms with Gasteiger partial charge in [0.2, 0.25) is 11.7 Å². The van der Waals surface area contributed by atoms with E-state index < -0.39 is 0 Å². The second kappa shape index (κ2) is 7.40. The van der Waals surface area contributed by atoms with Crippen molar-refractivity contribution >= 4 is 0 Å². The first-order valence-corrected chi connectivity index (χ1v) is 8.82. The third-order valence-electron chi connectivity index (χ3n) is 4.39. The minimum atomic E-state index is -0.281. The molecule has 0 aliphatic rings. The Bertz CT molecular complexity index is 845. The van der Waals surface area contributed by atoms with Crippen LogP contribution < -0.4 is 11.1 Å². The topological polar surface area (TPSA) is 77.0 Å². The predicted molar refractivity (Wildman–Crippen MR) is 103 cm³/mol. The van der Waals surface area contributed by atoms with Crippen LogP contribution in [0.25, 0.3) is 11.4 Å². The maximum Gasteiger partial charge on any atom is 0.240 e. The van der Waals surface area contributed by atoms with Gasteiger partial charge in [-0.2, -0.15) is 4.98 Å². The van der Waals surface area contributed by atoms with Crippen molar-refractivity contribution in [2.24, 2.45) is 5.73 Å². The largest absolute Gasteiger partial charge is 0.338 e. The van der Waals surface area contributed by atoms with E-state index >= 15 is 0 Å². The number of nitrogens with two attached hydrogens (primary N) is 1. The fourth-order valence-electron chi connectivity index (χ4n) is 2.65. The van der Waals surface area contributed by atoms with Gasteiger partial charge in [-0.25, -0.2) is 0 Å². The van der Waals surface area contributed by atoms with E-state index in [1.807, 2.05) is 36.4 Å². The predicted octanol–water partition coefficient (Wildman–Crippen LogP) is 4.09. The van der Waals surface area contributed by atoms with Crippen LogP contribution in [0.3, 0.4) is 0 Å². The Labute approximate surface area is 154 Å². The lowest BCUT2D eigenvalue weighted by atomic mass is 9.87. The standard InChI is InChI=1S/C21H26N4O/c1-14-5-7-15(8-6-14)19(22)23-13-18-24-20(25-26-18)16-9-11-17(12-10-16)21(2,3)4/h5-12,19,23H,13,22H2,1-4H3/t19-/m0/s1. The molecule has 0 fully saturated rings. The van der Waals surface area contributed by atoms with E-state index in [1.54, 1.807) is 0 Å². The van der Waals surface area contributed by atoms with Crippen LogP contribution >= 0.6 is 0 Å². The molecule has 2 aromatic carbocycles. The van der Waals surface area contributed by atoms with Gasteiger partial charge in [-0.3, -0.25) is 5.32 Å². The lowest BCUT2D eigenvalue weighted by Gasteiger charge is -2.18. The number of hydrogen-bond acceptors (Lipinski definition) is 5. The van der Waals surface area contributed by atoms with Crippen molar-refractivity contribution in [3.05, 3.63) is 71.1 Å². The highest BCUT2D eigenvalue weighted by atomic mass is 16.5. The van der Waals surface area contributed by atoms with Crippen LogP contribution in [0.5, 0.6) is 0 Å². The zero-order valence-electron chi connectivity index (χ0n) is 15.8. The van der Waals surface area contributed by atoms with Crippen molar-refractivity contribution < 1.29 is 4.52 Å². The molecular weight excluding hydrogens is 324 g/mol. The zero-order valence-corrected chi connectivity index (χ0v) is 15.8. The number of nitrogens with zero attached hydrogens (tertiary/aromatic N) is 2. The van der Waals surface area contributed by atoms with Gasteiger partial charge in [-0.05, 0) is 23.5 Å². The second-order valence-electron chi connectivity index (χ2n) is 7.61. The minimum absolute atomic E-state index is 0.122. The van der Waals surface area contributed by atoms with Crippen molar-refractivity contribution in [3.8, 4) is 11.4 Å². The normalized spacial score (nSPS) is 13.0. The summed E-state index contributed by atoms with van der Waals surface area (Å²) in [6.07, 6.45) is -0.281. The van der Waals surface area contributed by atoms with Crippen LogP contribution in [0, 0.1) is 6.92 Å². The molecule has 1 atom stereocenters. The van der Waals surface area contributed by atoms with Gasteiger partial charge < -0.3 is 10.3 Å². The van der Waals surface area contributed by atoms with E-state index in [0.29, 0.717) is 18.3 Å². The average molecular weight is 350 g/mol. The third-order valence-corrected chi connectivity index (χ3v) is 4.39. The summed E-state index contributed by atoms with van der Waals surface area (Å²) in [7, 11) is 0. The molecule has 0 radical (unpaired) electrons. The number of benzene rings is 2.